The number of nitrogens with zero attached hydrogens (tertiary/aromatic N) is 1. The third-order valence-corrected chi connectivity index (χ3v) is 3.47. The summed E-state index contributed by atoms with van der Waals surface area (Å²) in [5, 5.41) is 15.2. The highest BCUT2D eigenvalue weighted by atomic mass is 32.1. The molecule has 6 nitrogen and oxygen atoms in total. The molecule has 0 bridgehead atoms. The van der Waals surface area contributed by atoms with Gasteiger partial charge in [-0.05, 0) is 13.0 Å². The van der Waals surface area contributed by atoms with Gasteiger partial charge in [-0.2, -0.15) is 0 Å². The molecule has 2 aromatic heterocycles. The van der Waals surface area contributed by atoms with E-state index in [0.29, 0.717) is 11.4 Å². The second-order valence-corrected chi connectivity index (χ2v) is 5.39. The number of pyridine rings is 1. The number of thiazole rings is 1. The van der Waals surface area contributed by atoms with E-state index >= 15 is 0 Å². The summed E-state index contributed by atoms with van der Waals surface area (Å²) in [4.78, 5) is 29.5. The minimum Gasteiger partial charge on any atom is -0.385 e. The summed E-state index contributed by atoms with van der Waals surface area (Å²) in [7, 11) is 0. The molecule has 2 heterocycles. The Kier molecular flexibility index (Phi) is 4.65. The van der Waals surface area contributed by atoms with E-state index in [1.165, 1.54) is 17.4 Å². The van der Waals surface area contributed by atoms with Gasteiger partial charge in [-0.1, -0.05) is 6.07 Å². The number of H-pyrrole nitrogens is 1. The van der Waals surface area contributed by atoms with Gasteiger partial charge in [0, 0.05) is 23.7 Å². The maximum Gasteiger partial charge on any atom is 0.248 e. The standard InChI is InChI=1S/C13H15N3O3S/c1-8-15-9(7-20-8)5-13(19)14-6-11(17)10-3-2-4-12(18)16-10/h2-4,7,11,17H,5-6H2,1H3,(H,14,19)(H,16,18). The van der Waals surface area contributed by atoms with E-state index in [2.05, 4.69) is 15.3 Å². The molecule has 1 unspecified atom stereocenters. The summed E-state index contributed by atoms with van der Waals surface area (Å²) in [6.45, 7) is 1.92. The fourth-order valence-electron chi connectivity index (χ4n) is 1.70. The van der Waals surface area contributed by atoms with Crippen LogP contribution in [0.15, 0.2) is 28.4 Å². The van der Waals surface area contributed by atoms with Crippen LogP contribution in [0.2, 0.25) is 0 Å². The summed E-state index contributed by atoms with van der Waals surface area (Å²) in [5.41, 5.74) is 0.806. The third kappa shape index (κ3) is 4.01. The summed E-state index contributed by atoms with van der Waals surface area (Å²) < 4.78 is 0. The third-order valence-electron chi connectivity index (χ3n) is 2.65. The van der Waals surface area contributed by atoms with Crippen molar-refractivity contribution in [3.8, 4) is 0 Å². The number of carbonyl (C=O) groups is 1. The maximum absolute atomic E-state index is 11.7. The minimum absolute atomic E-state index is 0.0436. The van der Waals surface area contributed by atoms with Crippen LogP contribution in [0.4, 0.5) is 0 Å². The molecule has 0 fully saturated rings. The van der Waals surface area contributed by atoms with Crippen LogP contribution in [0.3, 0.4) is 0 Å². The number of nitrogens with one attached hydrogen (secondary N) is 2. The molecule has 3 N–H and O–H groups in total. The Hall–Kier alpha value is -1.99. The Morgan fingerprint density at radius 1 is 1.55 bits per heavy atom. The fraction of sp³-hybridized carbons (Fsp3) is 0.308. The maximum atomic E-state index is 11.7. The zero-order valence-corrected chi connectivity index (χ0v) is 11.7. The molecule has 0 saturated carbocycles. The first-order chi connectivity index (χ1) is 9.54. The molecule has 0 aliphatic carbocycles. The first-order valence-electron chi connectivity index (χ1n) is 6.09. The molecule has 2 rings (SSSR count). The highest BCUT2D eigenvalue weighted by molar-refractivity contribution is 7.09. The zero-order chi connectivity index (χ0) is 14.5. The van der Waals surface area contributed by atoms with Crippen molar-refractivity contribution in [3.63, 3.8) is 0 Å². The van der Waals surface area contributed by atoms with Gasteiger partial charge < -0.3 is 15.4 Å². The number of hydrogen-bond acceptors (Lipinski definition) is 5. The minimum atomic E-state index is -0.940. The molecule has 0 saturated heterocycles. The second-order valence-electron chi connectivity index (χ2n) is 4.32. The first-order valence-corrected chi connectivity index (χ1v) is 6.97. The van der Waals surface area contributed by atoms with Gasteiger partial charge in [-0.3, -0.25) is 9.59 Å². The van der Waals surface area contributed by atoms with Crippen LogP contribution >= 0.6 is 11.3 Å². The van der Waals surface area contributed by atoms with E-state index in [4.69, 9.17) is 0 Å². The van der Waals surface area contributed by atoms with Crippen LogP contribution in [0.5, 0.6) is 0 Å². The Bertz CT molecular complexity index is 650. The van der Waals surface area contributed by atoms with Gasteiger partial charge in [0.1, 0.15) is 6.10 Å². The number of rotatable bonds is 5. The van der Waals surface area contributed by atoms with Crippen molar-refractivity contribution in [1.82, 2.24) is 15.3 Å². The average Bonchev–Trinajstić information content (AvgIpc) is 2.81. The van der Waals surface area contributed by atoms with E-state index in [-0.39, 0.29) is 24.4 Å². The number of amides is 1. The van der Waals surface area contributed by atoms with Crippen LogP contribution in [0, 0.1) is 6.92 Å². The van der Waals surface area contributed by atoms with Gasteiger partial charge in [0.25, 0.3) is 0 Å². The van der Waals surface area contributed by atoms with Gasteiger partial charge >= 0.3 is 0 Å². The van der Waals surface area contributed by atoms with Crippen LogP contribution < -0.4 is 10.9 Å². The predicted octanol–water partition coefficient (Wildman–Crippen LogP) is 0.532. The molecule has 20 heavy (non-hydrogen) atoms. The van der Waals surface area contributed by atoms with Crippen molar-refractivity contribution in [3.05, 3.63) is 50.3 Å². The second kappa shape index (κ2) is 6.44. The van der Waals surface area contributed by atoms with Gasteiger partial charge in [0.15, 0.2) is 0 Å². The lowest BCUT2D eigenvalue weighted by Crippen LogP contribution is -2.30. The van der Waals surface area contributed by atoms with E-state index in [0.717, 1.165) is 5.01 Å². The normalized spacial score (nSPS) is 12.1. The highest BCUT2D eigenvalue weighted by Gasteiger charge is 2.11. The molecule has 0 radical (unpaired) electrons. The molecule has 106 valence electrons. The summed E-state index contributed by atoms with van der Waals surface area (Å²) in [6.07, 6.45) is -0.757. The molecule has 7 heteroatoms. The van der Waals surface area contributed by atoms with Crippen molar-refractivity contribution in [2.24, 2.45) is 0 Å². The molecule has 1 amide bonds. The van der Waals surface area contributed by atoms with Crippen molar-refractivity contribution in [1.29, 1.82) is 0 Å². The Morgan fingerprint density at radius 3 is 3.00 bits per heavy atom. The largest absolute Gasteiger partial charge is 0.385 e. The van der Waals surface area contributed by atoms with Crippen molar-refractivity contribution < 1.29 is 9.90 Å². The molecular formula is C13H15N3O3S. The SMILES string of the molecule is Cc1nc(CC(=O)NCC(O)c2cccc(=O)[nH]2)cs1. The van der Waals surface area contributed by atoms with E-state index < -0.39 is 6.10 Å². The highest BCUT2D eigenvalue weighted by Crippen LogP contribution is 2.09. The molecule has 0 aliphatic rings. The topological polar surface area (TPSA) is 95.1 Å². The van der Waals surface area contributed by atoms with Crippen LogP contribution in [-0.4, -0.2) is 27.5 Å². The van der Waals surface area contributed by atoms with E-state index in [1.807, 2.05) is 12.3 Å². The van der Waals surface area contributed by atoms with Gasteiger partial charge in [0.05, 0.1) is 17.1 Å². The van der Waals surface area contributed by atoms with Crippen molar-refractivity contribution in [2.75, 3.05) is 6.54 Å². The summed E-state index contributed by atoms with van der Waals surface area (Å²) in [6, 6.07) is 4.51. The van der Waals surface area contributed by atoms with Crippen LogP contribution in [0.25, 0.3) is 0 Å². The number of aromatic nitrogens is 2. The monoisotopic (exact) mass is 293 g/mol. The van der Waals surface area contributed by atoms with Crippen LogP contribution in [0.1, 0.15) is 22.5 Å². The van der Waals surface area contributed by atoms with Crippen LogP contribution in [-0.2, 0) is 11.2 Å². The fourth-order valence-corrected chi connectivity index (χ4v) is 2.31. The molecule has 0 spiro atoms. The lowest BCUT2D eigenvalue weighted by Gasteiger charge is -2.11. The van der Waals surface area contributed by atoms with Gasteiger partial charge in [-0.25, -0.2) is 4.98 Å². The van der Waals surface area contributed by atoms with Crippen molar-refractivity contribution in [2.45, 2.75) is 19.4 Å². The lowest BCUT2D eigenvalue weighted by atomic mass is 10.2. The molecule has 2 aromatic rings. The summed E-state index contributed by atoms with van der Waals surface area (Å²) in [5.74, 6) is -0.215. The lowest BCUT2D eigenvalue weighted by molar-refractivity contribution is -0.120. The smallest absolute Gasteiger partial charge is 0.248 e. The summed E-state index contributed by atoms with van der Waals surface area (Å²) >= 11 is 1.49. The van der Waals surface area contributed by atoms with Crippen molar-refractivity contribution >= 4 is 17.2 Å². The Labute approximate surface area is 119 Å². The Balaban J connectivity index is 1.85. The number of aliphatic hydroxyl groups is 1. The number of aromatic amines is 1. The quantitative estimate of drug-likeness (QED) is 0.749. The number of aliphatic hydroxyl groups excluding tert-OH is 1. The molecule has 1 atom stereocenters. The predicted molar refractivity (Wildman–Crippen MR) is 75.6 cm³/mol. The Morgan fingerprint density at radius 2 is 2.35 bits per heavy atom. The number of aryl methyl sites for hydroxylation is 1. The zero-order valence-electron chi connectivity index (χ0n) is 10.9. The van der Waals surface area contributed by atoms with Gasteiger partial charge in [-0.15, -0.1) is 11.3 Å². The average molecular weight is 293 g/mol. The molecule has 0 aliphatic heterocycles. The van der Waals surface area contributed by atoms with E-state index in [1.54, 1.807) is 12.1 Å². The first kappa shape index (κ1) is 14.4. The molecule has 0 aromatic carbocycles. The number of hydrogen-bond donors (Lipinski definition) is 3. The van der Waals surface area contributed by atoms with Gasteiger partial charge in [0.2, 0.25) is 11.5 Å². The number of carbonyl (C=O) groups excluding carboxylic acids is 1. The molecular weight excluding hydrogens is 278 g/mol. The van der Waals surface area contributed by atoms with E-state index in [9.17, 15) is 14.7 Å².